The number of hydrogen-bond acceptors (Lipinski definition) is 3. The monoisotopic (exact) mass is 207 g/mol. The molecule has 0 bridgehead atoms. The summed E-state index contributed by atoms with van der Waals surface area (Å²) in [5.74, 6) is 0.736. The SMILES string of the molecule is Cc1cc(-c2c(C)nn(C)c2N)cs1. The lowest BCUT2D eigenvalue weighted by Gasteiger charge is -1.97. The van der Waals surface area contributed by atoms with Gasteiger partial charge < -0.3 is 5.73 Å². The Bertz CT molecular complexity index is 468. The van der Waals surface area contributed by atoms with Gasteiger partial charge in [-0.2, -0.15) is 5.10 Å². The van der Waals surface area contributed by atoms with Gasteiger partial charge in [0, 0.05) is 17.5 Å². The molecule has 0 amide bonds. The van der Waals surface area contributed by atoms with Crippen LogP contribution in [0.2, 0.25) is 0 Å². The zero-order valence-electron chi connectivity index (χ0n) is 8.53. The van der Waals surface area contributed by atoms with Crippen molar-refractivity contribution < 1.29 is 0 Å². The number of hydrogen-bond donors (Lipinski definition) is 1. The van der Waals surface area contributed by atoms with Crippen molar-refractivity contribution in [2.45, 2.75) is 13.8 Å². The fourth-order valence-corrected chi connectivity index (χ4v) is 2.30. The van der Waals surface area contributed by atoms with E-state index in [0.717, 1.165) is 17.1 Å². The lowest BCUT2D eigenvalue weighted by Crippen LogP contribution is -1.97. The average molecular weight is 207 g/mol. The van der Waals surface area contributed by atoms with Crippen LogP contribution in [0, 0.1) is 13.8 Å². The highest BCUT2D eigenvalue weighted by molar-refractivity contribution is 7.10. The summed E-state index contributed by atoms with van der Waals surface area (Å²) in [5, 5.41) is 6.41. The van der Waals surface area contributed by atoms with Crippen LogP contribution in [-0.4, -0.2) is 9.78 Å². The summed E-state index contributed by atoms with van der Waals surface area (Å²) in [5.41, 5.74) is 9.18. The number of rotatable bonds is 1. The third kappa shape index (κ3) is 1.32. The molecule has 0 saturated heterocycles. The third-order valence-electron chi connectivity index (χ3n) is 2.29. The molecule has 14 heavy (non-hydrogen) atoms. The second-order valence-corrected chi connectivity index (χ2v) is 4.53. The Kier molecular flexibility index (Phi) is 2.07. The first-order valence-corrected chi connectivity index (χ1v) is 5.32. The minimum absolute atomic E-state index is 0.736. The Morgan fingerprint density at radius 3 is 2.57 bits per heavy atom. The molecule has 0 atom stereocenters. The van der Waals surface area contributed by atoms with Gasteiger partial charge in [-0.25, -0.2) is 0 Å². The van der Waals surface area contributed by atoms with E-state index in [1.165, 1.54) is 10.4 Å². The molecule has 0 aliphatic heterocycles. The molecule has 2 aromatic rings. The van der Waals surface area contributed by atoms with E-state index in [4.69, 9.17) is 5.73 Å². The number of nitrogens with zero attached hydrogens (tertiary/aromatic N) is 2. The number of nitrogens with two attached hydrogens (primary N) is 1. The van der Waals surface area contributed by atoms with E-state index in [1.54, 1.807) is 16.0 Å². The van der Waals surface area contributed by atoms with E-state index < -0.39 is 0 Å². The minimum atomic E-state index is 0.736. The second-order valence-electron chi connectivity index (χ2n) is 3.42. The van der Waals surface area contributed by atoms with Gasteiger partial charge in [0.25, 0.3) is 0 Å². The van der Waals surface area contributed by atoms with Crippen LogP contribution in [0.4, 0.5) is 5.82 Å². The predicted molar refractivity (Wildman–Crippen MR) is 60.4 cm³/mol. The minimum Gasteiger partial charge on any atom is -0.383 e. The Labute approximate surface area is 87.2 Å². The van der Waals surface area contributed by atoms with Gasteiger partial charge in [0.15, 0.2) is 0 Å². The van der Waals surface area contributed by atoms with Gasteiger partial charge in [0.05, 0.1) is 5.69 Å². The predicted octanol–water partition coefficient (Wildman–Crippen LogP) is 2.35. The maximum absolute atomic E-state index is 5.95. The normalized spacial score (nSPS) is 10.8. The van der Waals surface area contributed by atoms with Crippen molar-refractivity contribution >= 4 is 17.2 Å². The van der Waals surface area contributed by atoms with Crippen LogP contribution >= 0.6 is 11.3 Å². The Morgan fingerprint density at radius 2 is 2.14 bits per heavy atom. The van der Waals surface area contributed by atoms with Gasteiger partial charge in [0.1, 0.15) is 5.82 Å². The molecule has 4 heteroatoms. The van der Waals surface area contributed by atoms with Crippen LogP contribution in [-0.2, 0) is 7.05 Å². The molecule has 2 N–H and O–H groups in total. The fraction of sp³-hybridized carbons (Fsp3) is 0.300. The van der Waals surface area contributed by atoms with Crippen molar-refractivity contribution in [1.82, 2.24) is 9.78 Å². The maximum Gasteiger partial charge on any atom is 0.129 e. The molecule has 0 unspecified atom stereocenters. The fourth-order valence-electron chi connectivity index (χ4n) is 1.61. The standard InChI is InChI=1S/C10H13N3S/c1-6-4-8(5-14-6)9-7(2)12-13(3)10(9)11/h4-5H,11H2,1-3H3. The van der Waals surface area contributed by atoms with Crippen LogP contribution in [0.5, 0.6) is 0 Å². The molecule has 0 radical (unpaired) electrons. The molecular weight excluding hydrogens is 194 g/mol. The molecule has 2 rings (SSSR count). The molecular formula is C10H13N3S. The Balaban J connectivity index is 2.61. The molecule has 2 aromatic heterocycles. The molecule has 0 saturated carbocycles. The first-order valence-electron chi connectivity index (χ1n) is 4.44. The third-order valence-corrected chi connectivity index (χ3v) is 3.15. The number of nitrogen functional groups attached to an aromatic ring is 1. The van der Waals surface area contributed by atoms with Crippen LogP contribution in [0.25, 0.3) is 11.1 Å². The van der Waals surface area contributed by atoms with Gasteiger partial charge in [-0.3, -0.25) is 4.68 Å². The zero-order chi connectivity index (χ0) is 10.3. The quantitative estimate of drug-likeness (QED) is 0.780. The second kappa shape index (κ2) is 3.13. The summed E-state index contributed by atoms with van der Waals surface area (Å²) in [6.07, 6.45) is 0. The molecule has 3 nitrogen and oxygen atoms in total. The topological polar surface area (TPSA) is 43.8 Å². The van der Waals surface area contributed by atoms with Gasteiger partial charge in [0.2, 0.25) is 0 Å². The summed E-state index contributed by atoms with van der Waals surface area (Å²) in [7, 11) is 1.87. The van der Waals surface area contributed by atoms with Crippen molar-refractivity contribution in [2.24, 2.45) is 7.05 Å². The Morgan fingerprint density at radius 1 is 1.43 bits per heavy atom. The van der Waals surface area contributed by atoms with Gasteiger partial charge in [-0.1, -0.05) is 0 Å². The summed E-state index contributed by atoms with van der Waals surface area (Å²) in [6, 6.07) is 2.14. The van der Waals surface area contributed by atoms with E-state index in [0.29, 0.717) is 0 Å². The molecule has 0 fully saturated rings. The average Bonchev–Trinajstić information content (AvgIpc) is 2.60. The number of aromatic nitrogens is 2. The summed E-state index contributed by atoms with van der Waals surface area (Å²) >= 11 is 1.73. The Hall–Kier alpha value is -1.29. The van der Waals surface area contributed by atoms with E-state index in [1.807, 2.05) is 14.0 Å². The largest absolute Gasteiger partial charge is 0.383 e. The first kappa shape index (κ1) is 9.27. The van der Waals surface area contributed by atoms with Crippen molar-refractivity contribution in [1.29, 1.82) is 0 Å². The van der Waals surface area contributed by atoms with Crippen molar-refractivity contribution in [2.75, 3.05) is 5.73 Å². The number of anilines is 1. The van der Waals surface area contributed by atoms with Gasteiger partial charge in [-0.15, -0.1) is 11.3 Å². The lowest BCUT2D eigenvalue weighted by atomic mass is 10.1. The molecule has 74 valence electrons. The molecule has 0 aliphatic carbocycles. The number of aryl methyl sites for hydroxylation is 3. The van der Waals surface area contributed by atoms with Gasteiger partial charge >= 0.3 is 0 Å². The van der Waals surface area contributed by atoms with Crippen LogP contribution in [0.15, 0.2) is 11.4 Å². The van der Waals surface area contributed by atoms with Crippen LogP contribution < -0.4 is 5.73 Å². The highest BCUT2D eigenvalue weighted by Gasteiger charge is 2.12. The molecule has 2 heterocycles. The maximum atomic E-state index is 5.95. The summed E-state index contributed by atoms with van der Waals surface area (Å²) in [4.78, 5) is 1.29. The molecule has 0 aliphatic rings. The van der Waals surface area contributed by atoms with E-state index in [-0.39, 0.29) is 0 Å². The van der Waals surface area contributed by atoms with E-state index in [9.17, 15) is 0 Å². The first-order chi connectivity index (χ1) is 6.59. The summed E-state index contributed by atoms with van der Waals surface area (Å²) in [6.45, 7) is 4.08. The lowest BCUT2D eigenvalue weighted by molar-refractivity contribution is 0.767. The van der Waals surface area contributed by atoms with E-state index >= 15 is 0 Å². The van der Waals surface area contributed by atoms with E-state index in [2.05, 4.69) is 23.5 Å². The van der Waals surface area contributed by atoms with Gasteiger partial charge in [-0.05, 0) is 30.9 Å². The smallest absolute Gasteiger partial charge is 0.129 e. The highest BCUT2D eigenvalue weighted by atomic mass is 32.1. The van der Waals surface area contributed by atoms with Crippen LogP contribution in [0.3, 0.4) is 0 Å². The molecule has 0 aromatic carbocycles. The highest BCUT2D eigenvalue weighted by Crippen LogP contribution is 2.31. The van der Waals surface area contributed by atoms with Crippen molar-refractivity contribution in [3.05, 3.63) is 22.0 Å². The van der Waals surface area contributed by atoms with Crippen molar-refractivity contribution in [3.8, 4) is 11.1 Å². The zero-order valence-corrected chi connectivity index (χ0v) is 9.35. The van der Waals surface area contributed by atoms with Crippen LogP contribution in [0.1, 0.15) is 10.6 Å². The molecule has 0 spiro atoms. The summed E-state index contributed by atoms with van der Waals surface area (Å²) < 4.78 is 1.72. The number of thiophene rings is 1. The van der Waals surface area contributed by atoms with Crippen molar-refractivity contribution in [3.63, 3.8) is 0 Å².